The quantitative estimate of drug-likeness (QED) is 0.772. The SMILES string of the molecule is CCCc1cc([PH](=O)c2ccccc2)sc1C. The van der Waals surface area contributed by atoms with Crippen LogP contribution < -0.4 is 9.92 Å². The van der Waals surface area contributed by atoms with Crippen molar-refractivity contribution >= 4 is 29.1 Å². The Hall–Kier alpha value is -0.850. The summed E-state index contributed by atoms with van der Waals surface area (Å²) in [5, 5.41) is 0.960. The average Bonchev–Trinajstić information content (AvgIpc) is 2.72. The molecule has 0 saturated heterocycles. The molecule has 90 valence electrons. The van der Waals surface area contributed by atoms with Gasteiger partial charge >= 0.3 is 0 Å². The average molecular weight is 264 g/mol. The zero-order valence-electron chi connectivity index (χ0n) is 10.2. The van der Waals surface area contributed by atoms with E-state index in [0.717, 1.165) is 22.8 Å². The van der Waals surface area contributed by atoms with E-state index in [1.54, 1.807) is 11.3 Å². The number of rotatable bonds is 4. The molecule has 1 atom stereocenters. The van der Waals surface area contributed by atoms with Crippen molar-refractivity contribution in [1.29, 1.82) is 0 Å². The van der Waals surface area contributed by atoms with Crippen LogP contribution in [0.5, 0.6) is 0 Å². The third-order valence-electron chi connectivity index (χ3n) is 2.80. The molecular weight excluding hydrogens is 247 g/mol. The van der Waals surface area contributed by atoms with Gasteiger partial charge in [0, 0.05) is 10.2 Å². The van der Waals surface area contributed by atoms with E-state index in [0.29, 0.717) is 0 Å². The topological polar surface area (TPSA) is 17.1 Å². The first-order chi connectivity index (χ1) is 8.22. The first-order valence-corrected chi connectivity index (χ1v) is 8.14. The molecule has 1 heterocycles. The highest BCUT2D eigenvalue weighted by molar-refractivity contribution is 7.68. The molecule has 1 aromatic carbocycles. The van der Waals surface area contributed by atoms with Crippen LogP contribution in [-0.4, -0.2) is 0 Å². The molecule has 0 fully saturated rings. The molecule has 17 heavy (non-hydrogen) atoms. The Morgan fingerprint density at radius 2 is 1.94 bits per heavy atom. The minimum absolute atomic E-state index is 0.960. The standard InChI is InChI=1S/C14H17OPS/c1-3-7-12-10-14(17-11(12)2)16(15)13-8-5-4-6-9-13/h4-6,8-10,16H,3,7H2,1-2H3. The Labute approximate surface area is 107 Å². The molecule has 0 bridgehead atoms. The Morgan fingerprint density at radius 1 is 1.24 bits per heavy atom. The van der Waals surface area contributed by atoms with Gasteiger partial charge in [0.05, 0.1) is 4.62 Å². The second kappa shape index (κ2) is 5.66. The van der Waals surface area contributed by atoms with Crippen molar-refractivity contribution in [3.63, 3.8) is 0 Å². The fourth-order valence-electron chi connectivity index (χ4n) is 1.88. The number of benzene rings is 1. The van der Waals surface area contributed by atoms with Crippen molar-refractivity contribution in [1.82, 2.24) is 0 Å². The van der Waals surface area contributed by atoms with Crippen LogP contribution in [0, 0.1) is 6.92 Å². The molecule has 0 aliphatic rings. The van der Waals surface area contributed by atoms with E-state index < -0.39 is 7.80 Å². The first kappa shape index (κ1) is 12.6. The summed E-state index contributed by atoms with van der Waals surface area (Å²) in [4.78, 5) is 1.32. The second-order valence-electron chi connectivity index (χ2n) is 4.14. The highest BCUT2D eigenvalue weighted by atomic mass is 32.1. The molecule has 0 saturated carbocycles. The number of hydrogen-bond donors (Lipinski definition) is 0. The molecule has 0 N–H and O–H groups in total. The molecule has 0 aliphatic heterocycles. The largest absolute Gasteiger partial charge is 0.316 e. The van der Waals surface area contributed by atoms with Gasteiger partial charge in [0.25, 0.3) is 0 Å². The molecular formula is C14H17OPS. The second-order valence-corrected chi connectivity index (χ2v) is 7.53. The van der Waals surface area contributed by atoms with Crippen LogP contribution >= 0.6 is 19.1 Å². The summed E-state index contributed by atoms with van der Waals surface area (Å²) in [6, 6.07) is 11.9. The summed E-state index contributed by atoms with van der Waals surface area (Å²) in [5.41, 5.74) is 1.36. The van der Waals surface area contributed by atoms with Crippen LogP contribution in [0.3, 0.4) is 0 Å². The molecule has 0 aliphatic carbocycles. The Bertz CT molecular complexity index is 516. The molecule has 0 spiro atoms. The van der Waals surface area contributed by atoms with Gasteiger partial charge in [-0.3, -0.25) is 0 Å². The molecule has 0 amide bonds. The fraction of sp³-hybridized carbons (Fsp3) is 0.286. The minimum atomic E-state index is -1.80. The van der Waals surface area contributed by atoms with E-state index in [9.17, 15) is 4.57 Å². The van der Waals surface area contributed by atoms with Crippen LogP contribution in [-0.2, 0) is 11.0 Å². The van der Waals surface area contributed by atoms with Crippen LogP contribution in [0.25, 0.3) is 0 Å². The van der Waals surface area contributed by atoms with Crippen LogP contribution in [0.2, 0.25) is 0 Å². The summed E-state index contributed by atoms with van der Waals surface area (Å²) in [5.74, 6) is 0. The molecule has 3 heteroatoms. The summed E-state index contributed by atoms with van der Waals surface area (Å²) < 4.78 is 13.5. The fourth-order valence-corrected chi connectivity index (χ4v) is 4.97. The first-order valence-electron chi connectivity index (χ1n) is 5.91. The third-order valence-corrected chi connectivity index (χ3v) is 6.02. The highest BCUT2D eigenvalue weighted by Crippen LogP contribution is 2.27. The van der Waals surface area contributed by atoms with Crippen molar-refractivity contribution in [3.05, 3.63) is 46.8 Å². The maximum Gasteiger partial charge on any atom is 0.141 e. The smallest absolute Gasteiger partial charge is 0.141 e. The van der Waals surface area contributed by atoms with E-state index in [1.165, 1.54) is 10.4 Å². The van der Waals surface area contributed by atoms with Gasteiger partial charge < -0.3 is 4.57 Å². The normalized spacial score (nSPS) is 12.6. The van der Waals surface area contributed by atoms with Crippen molar-refractivity contribution in [2.45, 2.75) is 26.7 Å². The van der Waals surface area contributed by atoms with Crippen molar-refractivity contribution < 1.29 is 4.57 Å². The lowest BCUT2D eigenvalue weighted by Gasteiger charge is -1.98. The van der Waals surface area contributed by atoms with Gasteiger partial charge in [0.2, 0.25) is 0 Å². The van der Waals surface area contributed by atoms with Gasteiger partial charge in [-0.2, -0.15) is 0 Å². The van der Waals surface area contributed by atoms with Crippen molar-refractivity contribution in [2.24, 2.45) is 0 Å². The maximum absolute atomic E-state index is 12.4. The van der Waals surface area contributed by atoms with Crippen molar-refractivity contribution in [2.75, 3.05) is 0 Å². The maximum atomic E-state index is 12.4. The number of hydrogen-bond acceptors (Lipinski definition) is 2. The van der Waals surface area contributed by atoms with Gasteiger partial charge in [-0.1, -0.05) is 43.7 Å². The van der Waals surface area contributed by atoms with Gasteiger partial charge in [-0.15, -0.1) is 11.3 Å². The summed E-state index contributed by atoms with van der Waals surface area (Å²) >= 11 is 1.69. The lowest BCUT2D eigenvalue weighted by Crippen LogP contribution is -2.02. The molecule has 1 aromatic heterocycles. The minimum Gasteiger partial charge on any atom is -0.316 e. The zero-order chi connectivity index (χ0) is 12.3. The number of aryl methyl sites for hydroxylation is 2. The monoisotopic (exact) mass is 264 g/mol. The predicted octanol–water partition coefficient (Wildman–Crippen LogP) is 3.52. The Morgan fingerprint density at radius 3 is 2.59 bits per heavy atom. The van der Waals surface area contributed by atoms with E-state index in [-0.39, 0.29) is 0 Å². The summed E-state index contributed by atoms with van der Waals surface area (Å²) in [7, 11) is -1.80. The lowest BCUT2D eigenvalue weighted by molar-refractivity contribution is 0.598. The predicted molar refractivity (Wildman–Crippen MR) is 77.8 cm³/mol. The lowest BCUT2D eigenvalue weighted by atomic mass is 10.2. The molecule has 0 radical (unpaired) electrons. The van der Waals surface area contributed by atoms with Gasteiger partial charge in [-0.05, 0) is 25.0 Å². The highest BCUT2D eigenvalue weighted by Gasteiger charge is 2.11. The number of thiophene rings is 1. The van der Waals surface area contributed by atoms with Gasteiger partial charge in [-0.25, -0.2) is 0 Å². The molecule has 2 aromatic rings. The van der Waals surface area contributed by atoms with E-state index in [1.807, 2.05) is 30.3 Å². The van der Waals surface area contributed by atoms with E-state index in [2.05, 4.69) is 19.9 Å². The van der Waals surface area contributed by atoms with Crippen LogP contribution in [0.15, 0.2) is 36.4 Å². The summed E-state index contributed by atoms with van der Waals surface area (Å²) in [6.07, 6.45) is 2.23. The van der Waals surface area contributed by atoms with E-state index >= 15 is 0 Å². The van der Waals surface area contributed by atoms with Crippen LogP contribution in [0.4, 0.5) is 0 Å². The Balaban J connectivity index is 2.29. The Kier molecular flexibility index (Phi) is 4.20. The van der Waals surface area contributed by atoms with Crippen molar-refractivity contribution in [3.8, 4) is 0 Å². The summed E-state index contributed by atoms with van der Waals surface area (Å²) in [6.45, 7) is 4.30. The van der Waals surface area contributed by atoms with E-state index in [4.69, 9.17) is 0 Å². The third kappa shape index (κ3) is 2.88. The zero-order valence-corrected chi connectivity index (χ0v) is 12.0. The van der Waals surface area contributed by atoms with Gasteiger partial charge in [0.1, 0.15) is 7.80 Å². The molecule has 1 nitrogen and oxygen atoms in total. The molecule has 1 unspecified atom stereocenters. The van der Waals surface area contributed by atoms with Gasteiger partial charge in [0.15, 0.2) is 0 Å². The molecule has 2 rings (SSSR count). The van der Waals surface area contributed by atoms with Crippen LogP contribution in [0.1, 0.15) is 23.8 Å².